The van der Waals surface area contributed by atoms with Crippen molar-refractivity contribution in [2.45, 2.75) is 43.4 Å². The van der Waals surface area contributed by atoms with Crippen molar-refractivity contribution in [3.05, 3.63) is 59.3 Å². The summed E-state index contributed by atoms with van der Waals surface area (Å²) >= 11 is 1.45. The zero-order valence-electron chi connectivity index (χ0n) is 18.1. The van der Waals surface area contributed by atoms with Crippen LogP contribution in [0.1, 0.15) is 36.0 Å². The second kappa shape index (κ2) is 7.87. The third-order valence-corrected chi connectivity index (χ3v) is 7.59. The Bertz CT molecular complexity index is 1420. The zero-order chi connectivity index (χ0) is 25.4. The van der Waals surface area contributed by atoms with Crippen molar-refractivity contribution >= 4 is 27.4 Å². The van der Waals surface area contributed by atoms with E-state index in [4.69, 9.17) is 0 Å². The average Bonchev–Trinajstić information content (AvgIpc) is 3.59. The standard InChI is InChI=1S/C22H16F6N6OS/c23-21(24,25)10-3-17(22(26,27)28)31-18(4-10)34-12-5-13(15(35)7-12)19(34)20-32-30-8-33(20)11-1-2-16-14(6-11)29-9-36-16/h1-4,6,8-9,12-13,15,19,35H,5,7H2/t12-,13+,15+,19-/m0/s1. The van der Waals surface area contributed by atoms with Crippen molar-refractivity contribution in [2.75, 3.05) is 4.90 Å². The number of aliphatic hydroxyl groups excluding tert-OH is 1. The monoisotopic (exact) mass is 526 g/mol. The second-order valence-electron chi connectivity index (χ2n) is 8.87. The minimum Gasteiger partial charge on any atom is -0.393 e. The summed E-state index contributed by atoms with van der Waals surface area (Å²) in [6.07, 6.45) is -8.90. The number of rotatable bonds is 3. The Hall–Kier alpha value is -3.26. The Labute approximate surface area is 203 Å². The van der Waals surface area contributed by atoms with Gasteiger partial charge in [-0.2, -0.15) is 26.3 Å². The number of aromatic nitrogens is 5. The van der Waals surface area contributed by atoms with Crippen LogP contribution in [0.2, 0.25) is 0 Å². The molecule has 7 nitrogen and oxygen atoms in total. The van der Waals surface area contributed by atoms with Gasteiger partial charge in [0, 0.05) is 12.0 Å². The topological polar surface area (TPSA) is 80.0 Å². The number of piperidine rings is 1. The summed E-state index contributed by atoms with van der Waals surface area (Å²) in [5, 5.41) is 18.8. The molecule has 188 valence electrons. The first-order valence-electron chi connectivity index (χ1n) is 10.9. The summed E-state index contributed by atoms with van der Waals surface area (Å²) in [7, 11) is 0. The Morgan fingerprint density at radius 3 is 2.56 bits per heavy atom. The normalized spacial score (nSPS) is 24.2. The number of benzene rings is 1. The number of thiazole rings is 1. The Kier molecular flexibility index (Phi) is 5.06. The van der Waals surface area contributed by atoms with Gasteiger partial charge in [-0.25, -0.2) is 9.97 Å². The highest BCUT2D eigenvalue weighted by Crippen LogP contribution is 2.52. The van der Waals surface area contributed by atoms with Gasteiger partial charge >= 0.3 is 12.4 Å². The molecular weight excluding hydrogens is 510 g/mol. The van der Waals surface area contributed by atoms with Gasteiger partial charge in [-0.05, 0) is 43.2 Å². The van der Waals surface area contributed by atoms with Gasteiger partial charge in [0.25, 0.3) is 0 Å². The van der Waals surface area contributed by atoms with Crippen molar-refractivity contribution < 1.29 is 31.4 Å². The van der Waals surface area contributed by atoms with Crippen molar-refractivity contribution in [3.63, 3.8) is 0 Å². The molecule has 4 atom stereocenters. The second-order valence-corrected chi connectivity index (χ2v) is 9.75. The number of nitrogens with zero attached hydrogens (tertiary/aromatic N) is 6. The van der Waals surface area contributed by atoms with Crippen LogP contribution in [-0.2, 0) is 12.4 Å². The van der Waals surface area contributed by atoms with Crippen LogP contribution >= 0.6 is 11.3 Å². The maximum absolute atomic E-state index is 13.5. The first kappa shape index (κ1) is 23.2. The number of aliphatic hydroxyl groups is 1. The van der Waals surface area contributed by atoms with Gasteiger partial charge in [-0.3, -0.25) is 4.57 Å². The fraction of sp³-hybridized carbons (Fsp3) is 0.364. The predicted molar refractivity (Wildman–Crippen MR) is 117 cm³/mol. The summed E-state index contributed by atoms with van der Waals surface area (Å²) in [6, 6.07) is 4.71. The number of alkyl halides is 6. The molecule has 1 N–H and O–H groups in total. The molecule has 4 aromatic rings. The average molecular weight is 526 g/mol. The van der Waals surface area contributed by atoms with Crippen LogP contribution in [0.5, 0.6) is 0 Å². The summed E-state index contributed by atoms with van der Waals surface area (Å²) < 4.78 is 83.7. The minimum absolute atomic E-state index is 0.00720. The molecule has 2 aliphatic rings. The van der Waals surface area contributed by atoms with Gasteiger partial charge in [0.2, 0.25) is 0 Å². The predicted octanol–water partition coefficient (Wildman–Crippen LogP) is 5.01. The molecule has 0 unspecified atom stereocenters. The van der Waals surface area contributed by atoms with Gasteiger partial charge in [0.1, 0.15) is 17.8 Å². The summed E-state index contributed by atoms with van der Waals surface area (Å²) in [5.74, 6) is -0.665. The van der Waals surface area contributed by atoms with E-state index >= 15 is 0 Å². The largest absolute Gasteiger partial charge is 0.433 e. The molecule has 0 amide bonds. The van der Waals surface area contributed by atoms with Crippen LogP contribution in [0.4, 0.5) is 32.2 Å². The maximum atomic E-state index is 13.5. The lowest BCUT2D eigenvalue weighted by molar-refractivity contribution is -0.145. The molecule has 0 spiro atoms. The van der Waals surface area contributed by atoms with Gasteiger partial charge < -0.3 is 10.0 Å². The van der Waals surface area contributed by atoms with Crippen LogP contribution in [0, 0.1) is 5.92 Å². The number of anilines is 1. The van der Waals surface area contributed by atoms with Crippen LogP contribution in [0.25, 0.3) is 15.9 Å². The molecule has 3 aromatic heterocycles. The van der Waals surface area contributed by atoms with E-state index in [0.717, 1.165) is 10.2 Å². The molecule has 1 aliphatic carbocycles. The lowest BCUT2D eigenvalue weighted by Crippen LogP contribution is -2.42. The SMILES string of the molecule is O[C@@H]1C[C@@H]2C[C@H]1[C@@H](c1nncn1-c1ccc3scnc3c1)N2c1cc(C(F)(F)F)cc(C(F)(F)F)n1. The van der Waals surface area contributed by atoms with E-state index in [-0.39, 0.29) is 18.3 Å². The van der Waals surface area contributed by atoms with Crippen molar-refractivity contribution in [1.29, 1.82) is 0 Å². The zero-order valence-corrected chi connectivity index (χ0v) is 18.9. The van der Waals surface area contributed by atoms with E-state index in [1.54, 1.807) is 22.2 Å². The molecule has 6 rings (SSSR count). The third-order valence-electron chi connectivity index (χ3n) is 6.78. The molecule has 1 aromatic carbocycles. The van der Waals surface area contributed by atoms with E-state index in [0.29, 0.717) is 18.2 Å². The number of fused-ring (bicyclic) bond motifs is 3. The van der Waals surface area contributed by atoms with Crippen molar-refractivity contribution in [1.82, 2.24) is 24.7 Å². The number of hydrogen-bond acceptors (Lipinski definition) is 7. The number of pyridine rings is 1. The molecular formula is C22H16F6N6OS. The van der Waals surface area contributed by atoms with E-state index in [9.17, 15) is 31.4 Å². The molecule has 2 fully saturated rings. The van der Waals surface area contributed by atoms with Gasteiger partial charge in [0.05, 0.1) is 39.1 Å². The lowest BCUT2D eigenvalue weighted by Gasteiger charge is -2.38. The van der Waals surface area contributed by atoms with E-state index in [1.807, 2.05) is 6.07 Å². The summed E-state index contributed by atoms with van der Waals surface area (Å²) in [5.41, 5.74) is -0.0512. The maximum Gasteiger partial charge on any atom is 0.433 e. The molecule has 2 bridgehead atoms. The fourth-order valence-electron chi connectivity index (χ4n) is 5.26. The summed E-state index contributed by atoms with van der Waals surface area (Å²) in [4.78, 5) is 9.30. The molecule has 14 heteroatoms. The molecule has 1 aliphatic heterocycles. The molecule has 1 saturated heterocycles. The first-order chi connectivity index (χ1) is 17.0. The lowest BCUT2D eigenvalue weighted by atomic mass is 9.94. The van der Waals surface area contributed by atoms with Crippen LogP contribution in [0.3, 0.4) is 0 Å². The van der Waals surface area contributed by atoms with Crippen LogP contribution in [0.15, 0.2) is 42.2 Å². The van der Waals surface area contributed by atoms with Crippen LogP contribution in [-0.4, -0.2) is 42.0 Å². The van der Waals surface area contributed by atoms with Crippen molar-refractivity contribution in [2.24, 2.45) is 5.92 Å². The highest BCUT2D eigenvalue weighted by Gasteiger charge is 2.54. The van der Waals surface area contributed by atoms with Gasteiger partial charge in [-0.15, -0.1) is 21.5 Å². The highest BCUT2D eigenvalue weighted by atomic mass is 32.1. The highest BCUT2D eigenvalue weighted by molar-refractivity contribution is 7.16. The minimum atomic E-state index is -5.08. The summed E-state index contributed by atoms with van der Waals surface area (Å²) in [6.45, 7) is 0. The Morgan fingerprint density at radius 1 is 1.00 bits per heavy atom. The molecule has 0 radical (unpaired) electrons. The fourth-order valence-corrected chi connectivity index (χ4v) is 5.92. The molecule has 4 heterocycles. The van der Waals surface area contributed by atoms with E-state index < -0.39 is 53.5 Å². The van der Waals surface area contributed by atoms with Crippen molar-refractivity contribution in [3.8, 4) is 5.69 Å². The van der Waals surface area contributed by atoms with E-state index in [1.165, 1.54) is 22.6 Å². The Balaban J connectivity index is 1.49. The van der Waals surface area contributed by atoms with Crippen LogP contribution < -0.4 is 4.90 Å². The number of halogens is 6. The molecule has 36 heavy (non-hydrogen) atoms. The smallest absolute Gasteiger partial charge is 0.393 e. The van der Waals surface area contributed by atoms with Gasteiger partial charge in [0.15, 0.2) is 5.82 Å². The third kappa shape index (κ3) is 3.70. The number of hydrogen-bond donors (Lipinski definition) is 1. The van der Waals surface area contributed by atoms with Gasteiger partial charge in [-0.1, -0.05) is 0 Å². The quantitative estimate of drug-likeness (QED) is 0.378. The van der Waals surface area contributed by atoms with E-state index in [2.05, 4.69) is 20.2 Å². The Morgan fingerprint density at radius 2 is 1.81 bits per heavy atom. The molecule has 1 saturated carbocycles. The first-order valence-corrected chi connectivity index (χ1v) is 11.7.